The third kappa shape index (κ3) is 2.94. The van der Waals surface area contributed by atoms with E-state index in [0.717, 1.165) is 16.6 Å². The molecule has 92 valence electrons. The number of nitrogens with one attached hydrogen (secondary N) is 3. The summed E-state index contributed by atoms with van der Waals surface area (Å²) in [5.74, 6) is 0. The van der Waals surface area contributed by atoms with Crippen LogP contribution in [0.3, 0.4) is 0 Å². The molecule has 0 spiro atoms. The molecule has 0 amide bonds. The number of aromatic amines is 2. The van der Waals surface area contributed by atoms with Crippen molar-refractivity contribution in [1.82, 2.24) is 15.3 Å². The second kappa shape index (κ2) is 5.13. The average Bonchev–Trinajstić information content (AvgIpc) is 2.68. The SMILES string of the molecule is NC(CO)CNCc1ccc2[nH]c(=O)[nH]c2c1. The monoisotopic (exact) mass is 236 g/mol. The second-order valence-electron chi connectivity index (χ2n) is 4.03. The summed E-state index contributed by atoms with van der Waals surface area (Å²) in [5, 5.41) is 11.9. The minimum Gasteiger partial charge on any atom is -0.395 e. The van der Waals surface area contributed by atoms with Crippen molar-refractivity contribution in [1.29, 1.82) is 0 Å². The van der Waals surface area contributed by atoms with Crippen LogP contribution < -0.4 is 16.7 Å². The lowest BCUT2D eigenvalue weighted by Crippen LogP contribution is -2.36. The van der Waals surface area contributed by atoms with Gasteiger partial charge in [-0.25, -0.2) is 4.79 Å². The molecule has 6 N–H and O–H groups in total. The van der Waals surface area contributed by atoms with Crippen LogP contribution in [0.15, 0.2) is 23.0 Å². The highest BCUT2D eigenvalue weighted by Gasteiger charge is 2.01. The molecule has 0 fully saturated rings. The molecule has 17 heavy (non-hydrogen) atoms. The number of nitrogens with two attached hydrogens (primary N) is 1. The van der Waals surface area contributed by atoms with E-state index in [-0.39, 0.29) is 18.3 Å². The Balaban J connectivity index is 2.01. The van der Waals surface area contributed by atoms with Gasteiger partial charge in [0, 0.05) is 19.1 Å². The van der Waals surface area contributed by atoms with Gasteiger partial charge in [0.05, 0.1) is 17.6 Å². The summed E-state index contributed by atoms with van der Waals surface area (Å²) in [6, 6.07) is 5.45. The Morgan fingerprint density at radius 2 is 2.12 bits per heavy atom. The Morgan fingerprint density at radius 1 is 1.35 bits per heavy atom. The Kier molecular flexibility index (Phi) is 3.58. The smallest absolute Gasteiger partial charge is 0.323 e. The average molecular weight is 236 g/mol. The second-order valence-corrected chi connectivity index (χ2v) is 4.03. The third-order valence-corrected chi connectivity index (χ3v) is 2.55. The highest BCUT2D eigenvalue weighted by Crippen LogP contribution is 2.09. The predicted octanol–water partition coefficient (Wildman–Crippen LogP) is -0.735. The summed E-state index contributed by atoms with van der Waals surface area (Å²) in [5.41, 5.74) is 8.01. The number of aliphatic hydroxyl groups excluding tert-OH is 1. The largest absolute Gasteiger partial charge is 0.395 e. The number of imidazole rings is 1. The number of hydrogen-bond donors (Lipinski definition) is 5. The Labute approximate surface area is 97.8 Å². The van der Waals surface area contributed by atoms with Crippen LogP contribution in [0.5, 0.6) is 0 Å². The van der Waals surface area contributed by atoms with Gasteiger partial charge in [0.1, 0.15) is 0 Å². The zero-order valence-corrected chi connectivity index (χ0v) is 9.36. The fraction of sp³-hybridized carbons (Fsp3) is 0.364. The van der Waals surface area contributed by atoms with Crippen molar-refractivity contribution in [2.75, 3.05) is 13.2 Å². The molecule has 2 aromatic rings. The summed E-state index contributed by atoms with van der Waals surface area (Å²) in [6.07, 6.45) is 0. The standard InChI is InChI=1S/C11H16N4O2/c12-8(6-16)5-13-4-7-1-2-9-10(3-7)15-11(17)14-9/h1-3,8,13,16H,4-6,12H2,(H2,14,15,17). The van der Waals surface area contributed by atoms with E-state index in [1.54, 1.807) is 0 Å². The number of H-pyrrole nitrogens is 2. The highest BCUT2D eigenvalue weighted by molar-refractivity contribution is 5.74. The molecule has 0 bridgehead atoms. The van der Waals surface area contributed by atoms with Gasteiger partial charge in [-0.3, -0.25) is 0 Å². The first-order valence-corrected chi connectivity index (χ1v) is 5.47. The molecule has 0 saturated heterocycles. The van der Waals surface area contributed by atoms with Crippen LogP contribution in [0.1, 0.15) is 5.56 Å². The van der Waals surface area contributed by atoms with Crippen molar-refractivity contribution < 1.29 is 5.11 Å². The minimum absolute atomic E-state index is 0.0306. The van der Waals surface area contributed by atoms with E-state index in [4.69, 9.17) is 10.8 Å². The van der Waals surface area contributed by atoms with E-state index < -0.39 is 0 Å². The van der Waals surface area contributed by atoms with Gasteiger partial charge in [0.15, 0.2) is 0 Å². The van der Waals surface area contributed by atoms with Crippen LogP contribution in [-0.4, -0.2) is 34.3 Å². The summed E-state index contributed by atoms with van der Waals surface area (Å²) >= 11 is 0. The Bertz CT molecular complexity index is 546. The lowest BCUT2D eigenvalue weighted by molar-refractivity contribution is 0.262. The molecular weight excluding hydrogens is 220 g/mol. The fourth-order valence-electron chi connectivity index (χ4n) is 1.66. The molecule has 0 aliphatic carbocycles. The van der Waals surface area contributed by atoms with E-state index in [1.165, 1.54) is 0 Å². The molecule has 6 nitrogen and oxygen atoms in total. The number of hydrogen-bond acceptors (Lipinski definition) is 4. The molecule has 1 aromatic carbocycles. The minimum atomic E-state index is -0.245. The van der Waals surface area contributed by atoms with Crippen molar-refractivity contribution >= 4 is 11.0 Å². The number of aromatic nitrogens is 2. The van der Waals surface area contributed by atoms with Gasteiger partial charge >= 0.3 is 5.69 Å². The normalized spacial score (nSPS) is 13.1. The van der Waals surface area contributed by atoms with E-state index in [9.17, 15) is 4.79 Å². The van der Waals surface area contributed by atoms with E-state index in [0.29, 0.717) is 13.1 Å². The summed E-state index contributed by atoms with van der Waals surface area (Å²) in [7, 11) is 0. The van der Waals surface area contributed by atoms with Crippen LogP contribution in [0.2, 0.25) is 0 Å². The molecule has 2 rings (SSSR count). The van der Waals surface area contributed by atoms with E-state index >= 15 is 0 Å². The van der Waals surface area contributed by atoms with Gasteiger partial charge in [-0.15, -0.1) is 0 Å². The first-order valence-electron chi connectivity index (χ1n) is 5.47. The zero-order chi connectivity index (χ0) is 12.3. The van der Waals surface area contributed by atoms with Crippen LogP contribution in [-0.2, 0) is 6.54 Å². The van der Waals surface area contributed by atoms with Gasteiger partial charge in [-0.2, -0.15) is 0 Å². The third-order valence-electron chi connectivity index (χ3n) is 2.55. The molecule has 1 heterocycles. The maximum atomic E-state index is 11.1. The first-order chi connectivity index (χ1) is 8.19. The molecule has 0 aliphatic heterocycles. The van der Waals surface area contributed by atoms with Crippen molar-refractivity contribution in [2.24, 2.45) is 5.73 Å². The molecular formula is C11H16N4O2. The van der Waals surface area contributed by atoms with Crippen molar-refractivity contribution in [3.05, 3.63) is 34.2 Å². The van der Waals surface area contributed by atoms with Gasteiger partial charge in [-0.05, 0) is 17.7 Å². The van der Waals surface area contributed by atoms with Gasteiger partial charge in [0.25, 0.3) is 0 Å². The molecule has 0 radical (unpaired) electrons. The lowest BCUT2D eigenvalue weighted by Gasteiger charge is -2.09. The summed E-state index contributed by atoms with van der Waals surface area (Å²) in [4.78, 5) is 16.5. The van der Waals surface area contributed by atoms with Crippen LogP contribution in [0.4, 0.5) is 0 Å². The van der Waals surface area contributed by atoms with Crippen LogP contribution >= 0.6 is 0 Å². The molecule has 0 aliphatic rings. The van der Waals surface area contributed by atoms with E-state index in [2.05, 4.69) is 15.3 Å². The first kappa shape index (κ1) is 11.8. The Hall–Kier alpha value is -1.63. The number of rotatable bonds is 5. The maximum Gasteiger partial charge on any atom is 0.323 e. The van der Waals surface area contributed by atoms with Gasteiger partial charge in [-0.1, -0.05) is 6.07 Å². The van der Waals surface area contributed by atoms with Crippen LogP contribution in [0.25, 0.3) is 11.0 Å². The quantitative estimate of drug-likeness (QED) is 0.471. The molecule has 1 atom stereocenters. The topological polar surface area (TPSA) is 107 Å². The fourth-order valence-corrected chi connectivity index (χ4v) is 1.66. The number of benzene rings is 1. The molecule has 0 saturated carbocycles. The van der Waals surface area contributed by atoms with Gasteiger partial charge < -0.3 is 26.1 Å². The van der Waals surface area contributed by atoms with Crippen molar-refractivity contribution in [3.8, 4) is 0 Å². The maximum absolute atomic E-state index is 11.1. The zero-order valence-electron chi connectivity index (χ0n) is 9.36. The molecule has 1 aromatic heterocycles. The highest BCUT2D eigenvalue weighted by atomic mass is 16.3. The van der Waals surface area contributed by atoms with Gasteiger partial charge in [0.2, 0.25) is 0 Å². The molecule has 6 heteroatoms. The number of aliphatic hydroxyl groups is 1. The summed E-state index contributed by atoms with van der Waals surface area (Å²) in [6.45, 7) is 1.17. The van der Waals surface area contributed by atoms with Crippen molar-refractivity contribution in [2.45, 2.75) is 12.6 Å². The number of fused-ring (bicyclic) bond motifs is 1. The van der Waals surface area contributed by atoms with E-state index in [1.807, 2.05) is 18.2 Å². The predicted molar refractivity (Wildman–Crippen MR) is 65.7 cm³/mol. The lowest BCUT2D eigenvalue weighted by atomic mass is 10.2. The summed E-state index contributed by atoms with van der Waals surface area (Å²) < 4.78 is 0. The Morgan fingerprint density at radius 3 is 2.88 bits per heavy atom. The molecule has 1 unspecified atom stereocenters. The van der Waals surface area contributed by atoms with Crippen LogP contribution in [0, 0.1) is 0 Å². The van der Waals surface area contributed by atoms with Crippen molar-refractivity contribution in [3.63, 3.8) is 0 Å².